The van der Waals surface area contributed by atoms with Crippen LogP contribution in [0.1, 0.15) is 22.5 Å². The number of benzene rings is 1. The van der Waals surface area contributed by atoms with E-state index in [2.05, 4.69) is 15.3 Å². The molecule has 0 saturated heterocycles. The first-order chi connectivity index (χ1) is 12.0. The summed E-state index contributed by atoms with van der Waals surface area (Å²) in [4.78, 5) is 35.6. The van der Waals surface area contributed by atoms with Crippen LogP contribution in [0.25, 0.3) is 0 Å². The number of fused-ring (bicyclic) bond motifs is 1. The Balaban J connectivity index is 1.80. The van der Waals surface area contributed by atoms with Crippen molar-refractivity contribution in [1.29, 1.82) is 0 Å². The molecular formula is C17H20N6O2. The normalized spacial score (nSPS) is 13.1. The number of hydrogen-bond donors (Lipinski definition) is 2. The molecule has 3 N–H and O–H groups in total. The monoisotopic (exact) mass is 340 g/mol. The summed E-state index contributed by atoms with van der Waals surface area (Å²) >= 11 is 0. The van der Waals surface area contributed by atoms with E-state index in [0.717, 1.165) is 24.1 Å². The summed E-state index contributed by atoms with van der Waals surface area (Å²) in [6, 6.07) is 4.98. The van der Waals surface area contributed by atoms with Gasteiger partial charge in [0.1, 0.15) is 11.5 Å². The summed E-state index contributed by atoms with van der Waals surface area (Å²) in [5.41, 5.74) is 8.02. The van der Waals surface area contributed by atoms with E-state index in [1.54, 1.807) is 11.0 Å². The number of primary amides is 1. The summed E-state index contributed by atoms with van der Waals surface area (Å²) in [6.07, 6.45) is 4.72. The zero-order valence-corrected chi connectivity index (χ0v) is 14.2. The molecular weight excluding hydrogens is 320 g/mol. The number of carbonyl (C=O) groups excluding carboxylic acids is 2. The lowest BCUT2D eigenvalue weighted by Crippen LogP contribution is -2.39. The summed E-state index contributed by atoms with van der Waals surface area (Å²) in [6.45, 7) is 0.581. The Bertz CT molecular complexity index is 803. The van der Waals surface area contributed by atoms with Crippen molar-refractivity contribution in [2.75, 3.05) is 35.8 Å². The van der Waals surface area contributed by atoms with E-state index in [1.807, 2.05) is 26.2 Å². The molecule has 0 saturated carbocycles. The SMILES string of the molecule is CN(C)c1cnc(C(=O)Nc2ccc3c(c2)N(C(N)=O)CCC3)cn1. The van der Waals surface area contributed by atoms with Gasteiger partial charge in [-0.25, -0.2) is 14.8 Å². The fraction of sp³-hybridized carbons (Fsp3) is 0.294. The van der Waals surface area contributed by atoms with Crippen LogP contribution in [-0.4, -0.2) is 42.5 Å². The number of nitrogens with one attached hydrogen (secondary N) is 1. The van der Waals surface area contributed by atoms with E-state index in [-0.39, 0.29) is 11.6 Å². The standard InChI is InChI=1S/C17H20N6O2/c1-22(2)15-10-19-13(9-20-15)16(24)21-12-6-5-11-4-3-7-23(17(18)25)14(11)8-12/h5-6,8-10H,3-4,7H2,1-2H3,(H2,18,25)(H,21,24). The molecule has 8 nitrogen and oxygen atoms in total. The van der Waals surface area contributed by atoms with Crippen molar-refractivity contribution in [1.82, 2.24) is 9.97 Å². The Morgan fingerprint density at radius 2 is 2.04 bits per heavy atom. The molecule has 3 amide bonds. The molecule has 0 bridgehead atoms. The van der Waals surface area contributed by atoms with Crippen molar-refractivity contribution in [2.45, 2.75) is 12.8 Å². The summed E-state index contributed by atoms with van der Waals surface area (Å²) in [5, 5.41) is 2.78. The van der Waals surface area contributed by atoms with Crippen LogP contribution >= 0.6 is 0 Å². The summed E-state index contributed by atoms with van der Waals surface area (Å²) in [7, 11) is 3.70. The van der Waals surface area contributed by atoms with Crippen LogP contribution in [0.2, 0.25) is 0 Å². The molecule has 2 aromatic rings. The average molecular weight is 340 g/mol. The lowest BCUT2D eigenvalue weighted by Gasteiger charge is -2.28. The van der Waals surface area contributed by atoms with E-state index in [4.69, 9.17) is 5.73 Å². The molecule has 1 aromatic heterocycles. The smallest absolute Gasteiger partial charge is 0.319 e. The third-order valence-electron chi connectivity index (χ3n) is 4.06. The van der Waals surface area contributed by atoms with Gasteiger partial charge in [0.2, 0.25) is 0 Å². The molecule has 0 aliphatic carbocycles. The Morgan fingerprint density at radius 1 is 1.24 bits per heavy atom. The van der Waals surface area contributed by atoms with Gasteiger partial charge in [-0.1, -0.05) is 6.07 Å². The highest BCUT2D eigenvalue weighted by atomic mass is 16.2. The molecule has 0 radical (unpaired) electrons. The average Bonchev–Trinajstić information content (AvgIpc) is 2.61. The topological polar surface area (TPSA) is 104 Å². The Morgan fingerprint density at radius 3 is 2.68 bits per heavy atom. The fourth-order valence-corrected chi connectivity index (χ4v) is 2.75. The second kappa shape index (κ2) is 6.76. The number of nitrogens with two attached hydrogens (primary N) is 1. The molecule has 0 unspecified atom stereocenters. The number of aromatic nitrogens is 2. The van der Waals surface area contributed by atoms with Crippen LogP contribution in [0.3, 0.4) is 0 Å². The minimum atomic E-state index is -0.491. The van der Waals surface area contributed by atoms with E-state index in [0.29, 0.717) is 18.1 Å². The molecule has 0 atom stereocenters. The highest BCUT2D eigenvalue weighted by molar-refractivity contribution is 6.03. The second-order valence-electron chi connectivity index (χ2n) is 6.05. The first-order valence-electron chi connectivity index (χ1n) is 7.96. The van der Waals surface area contributed by atoms with Crippen molar-refractivity contribution in [3.63, 3.8) is 0 Å². The third-order valence-corrected chi connectivity index (χ3v) is 4.06. The first-order valence-corrected chi connectivity index (χ1v) is 7.96. The van der Waals surface area contributed by atoms with Gasteiger partial charge in [0.05, 0.1) is 18.1 Å². The van der Waals surface area contributed by atoms with Gasteiger partial charge in [-0.15, -0.1) is 0 Å². The summed E-state index contributed by atoms with van der Waals surface area (Å²) < 4.78 is 0. The summed E-state index contributed by atoms with van der Waals surface area (Å²) in [5.74, 6) is 0.307. The van der Waals surface area contributed by atoms with Crippen molar-refractivity contribution in [2.24, 2.45) is 5.73 Å². The van der Waals surface area contributed by atoms with Gasteiger partial charge in [0.15, 0.2) is 0 Å². The molecule has 25 heavy (non-hydrogen) atoms. The highest BCUT2D eigenvalue weighted by Crippen LogP contribution is 2.30. The number of urea groups is 1. The van der Waals surface area contributed by atoms with Crippen LogP contribution in [-0.2, 0) is 6.42 Å². The predicted molar refractivity (Wildman–Crippen MR) is 96.0 cm³/mol. The molecule has 0 spiro atoms. The molecule has 8 heteroatoms. The zero-order chi connectivity index (χ0) is 18.0. The van der Waals surface area contributed by atoms with Gasteiger partial charge >= 0.3 is 6.03 Å². The second-order valence-corrected chi connectivity index (χ2v) is 6.05. The van der Waals surface area contributed by atoms with Crippen LogP contribution in [0.15, 0.2) is 30.6 Å². The van der Waals surface area contributed by atoms with Gasteiger partial charge in [0.25, 0.3) is 5.91 Å². The van der Waals surface area contributed by atoms with Gasteiger partial charge in [0, 0.05) is 26.3 Å². The van der Waals surface area contributed by atoms with Crippen molar-refractivity contribution < 1.29 is 9.59 Å². The number of carbonyl (C=O) groups is 2. The lowest BCUT2D eigenvalue weighted by atomic mass is 10.0. The number of hydrogen-bond acceptors (Lipinski definition) is 5. The van der Waals surface area contributed by atoms with E-state index >= 15 is 0 Å². The number of rotatable bonds is 3. The molecule has 1 aliphatic rings. The Hall–Kier alpha value is -3.16. The Kier molecular flexibility index (Phi) is 4.51. The fourth-order valence-electron chi connectivity index (χ4n) is 2.75. The van der Waals surface area contributed by atoms with Gasteiger partial charge < -0.3 is 16.0 Å². The maximum absolute atomic E-state index is 12.3. The van der Waals surface area contributed by atoms with Crippen molar-refractivity contribution in [3.05, 3.63) is 41.9 Å². The number of aryl methyl sites for hydroxylation is 1. The molecule has 130 valence electrons. The molecule has 0 fully saturated rings. The Labute approximate surface area is 145 Å². The number of amides is 3. The largest absolute Gasteiger partial charge is 0.361 e. The molecule has 1 aromatic carbocycles. The van der Waals surface area contributed by atoms with Crippen LogP contribution < -0.4 is 20.9 Å². The van der Waals surface area contributed by atoms with Crippen molar-refractivity contribution in [3.8, 4) is 0 Å². The first kappa shape index (κ1) is 16.7. The third kappa shape index (κ3) is 3.52. The maximum Gasteiger partial charge on any atom is 0.319 e. The minimum absolute atomic E-state index is 0.218. The quantitative estimate of drug-likeness (QED) is 0.883. The lowest BCUT2D eigenvalue weighted by molar-refractivity contribution is 0.102. The minimum Gasteiger partial charge on any atom is -0.361 e. The van der Waals surface area contributed by atoms with Crippen LogP contribution in [0.4, 0.5) is 22.0 Å². The van der Waals surface area contributed by atoms with E-state index < -0.39 is 6.03 Å². The van der Waals surface area contributed by atoms with Crippen molar-refractivity contribution >= 4 is 29.1 Å². The molecule has 2 heterocycles. The van der Waals surface area contributed by atoms with E-state index in [9.17, 15) is 9.59 Å². The number of nitrogens with zero attached hydrogens (tertiary/aromatic N) is 4. The van der Waals surface area contributed by atoms with Gasteiger partial charge in [-0.2, -0.15) is 0 Å². The van der Waals surface area contributed by atoms with Gasteiger partial charge in [-0.05, 0) is 30.5 Å². The maximum atomic E-state index is 12.3. The van der Waals surface area contributed by atoms with Crippen LogP contribution in [0, 0.1) is 0 Å². The van der Waals surface area contributed by atoms with Crippen LogP contribution in [0.5, 0.6) is 0 Å². The predicted octanol–water partition coefficient (Wildman–Crippen LogP) is 1.63. The van der Waals surface area contributed by atoms with Gasteiger partial charge in [-0.3, -0.25) is 9.69 Å². The zero-order valence-electron chi connectivity index (χ0n) is 14.2. The highest BCUT2D eigenvalue weighted by Gasteiger charge is 2.21. The van der Waals surface area contributed by atoms with E-state index in [1.165, 1.54) is 17.3 Å². The molecule has 1 aliphatic heterocycles. The molecule has 3 rings (SSSR count). The number of anilines is 3.